The first-order valence-electron chi connectivity index (χ1n) is 6.56. The molecule has 1 heterocycles. The maximum atomic E-state index is 9.31. The molecule has 0 aliphatic heterocycles. The first-order chi connectivity index (χ1) is 9.15. The highest BCUT2D eigenvalue weighted by atomic mass is 35.5. The van der Waals surface area contributed by atoms with Crippen LogP contribution >= 0.6 is 23.4 Å². The van der Waals surface area contributed by atoms with Crippen LogP contribution in [0.5, 0.6) is 0 Å². The molecule has 0 amide bonds. The Morgan fingerprint density at radius 3 is 2.79 bits per heavy atom. The van der Waals surface area contributed by atoms with Gasteiger partial charge in [-0.1, -0.05) is 25.4 Å². The fraction of sp³-hybridized carbons (Fsp3) is 0.571. The van der Waals surface area contributed by atoms with Gasteiger partial charge in [-0.2, -0.15) is 5.26 Å². The smallest absolute Gasteiger partial charge is 0.106 e. The highest BCUT2D eigenvalue weighted by molar-refractivity contribution is 7.99. The van der Waals surface area contributed by atoms with Crippen LogP contribution in [0.4, 0.5) is 0 Å². The van der Waals surface area contributed by atoms with Crippen molar-refractivity contribution in [2.75, 3.05) is 12.3 Å². The number of nitriles is 1. The molecule has 3 nitrogen and oxygen atoms in total. The number of halogens is 1. The van der Waals surface area contributed by atoms with Crippen molar-refractivity contribution in [3.05, 3.63) is 23.4 Å². The Morgan fingerprint density at radius 2 is 2.26 bits per heavy atom. The van der Waals surface area contributed by atoms with Crippen molar-refractivity contribution in [2.45, 2.75) is 43.7 Å². The molecule has 1 aromatic heterocycles. The maximum absolute atomic E-state index is 9.31. The molecule has 0 saturated carbocycles. The fourth-order valence-electron chi connectivity index (χ4n) is 1.90. The quantitative estimate of drug-likeness (QED) is 0.584. The highest BCUT2D eigenvalue weighted by Gasteiger charge is 2.25. The number of aromatic nitrogens is 1. The van der Waals surface area contributed by atoms with Crippen LogP contribution in [-0.4, -0.2) is 22.8 Å². The summed E-state index contributed by atoms with van der Waals surface area (Å²) in [5.74, 6) is 0.962. The van der Waals surface area contributed by atoms with Gasteiger partial charge in [0.15, 0.2) is 0 Å². The predicted octanol–water partition coefficient (Wildman–Crippen LogP) is 3.89. The molecule has 0 spiro atoms. The van der Waals surface area contributed by atoms with E-state index in [1.54, 1.807) is 18.0 Å². The zero-order valence-electron chi connectivity index (χ0n) is 11.4. The molecule has 5 heteroatoms. The van der Waals surface area contributed by atoms with Gasteiger partial charge < -0.3 is 0 Å². The second kappa shape index (κ2) is 8.42. The van der Waals surface area contributed by atoms with Crippen molar-refractivity contribution < 1.29 is 0 Å². The first-order valence-corrected chi connectivity index (χ1v) is 7.92. The van der Waals surface area contributed by atoms with Crippen molar-refractivity contribution in [3.63, 3.8) is 0 Å². The molecular formula is C14H20ClN3S. The second-order valence-corrected chi connectivity index (χ2v) is 5.90. The molecule has 0 fully saturated rings. The summed E-state index contributed by atoms with van der Waals surface area (Å²) in [5, 5.41) is 14.2. The Balaban J connectivity index is 2.37. The molecule has 0 aromatic carbocycles. The predicted molar refractivity (Wildman–Crippen MR) is 81.5 cm³/mol. The molecule has 0 aliphatic carbocycles. The van der Waals surface area contributed by atoms with E-state index in [1.165, 1.54) is 0 Å². The standard InChI is InChI=1S/C14H20ClN3S/c1-3-14(11-16,18-4-2)8-5-9-19-13-7-6-12(15)10-17-13/h6-7,10,18H,3-5,8-9H2,1-2H3. The van der Waals surface area contributed by atoms with Gasteiger partial charge in [-0.3, -0.25) is 5.32 Å². The van der Waals surface area contributed by atoms with Gasteiger partial charge >= 0.3 is 0 Å². The summed E-state index contributed by atoms with van der Waals surface area (Å²) in [6.45, 7) is 4.92. The highest BCUT2D eigenvalue weighted by Crippen LogP contribution is 2.22. The molecule has 0 radical (unpaired) electrons. The van der Waals surface area contributed by atoms with E-state index >= 15 is 0 Å². The van der Waals surface area contributed by atoms with Crippen molar-refractivity contribution in [2.24, 2.45) is 0 Å². The zero-order chi connectivity index (χ0) is 14.1. The summed E-state index contributed by atoms with van der Waals surface area (Å²) in [5.41, 5.74) is -0.372. The van der Waals surface area contributed by atoms with E-state index in [2.05, 4.69) is 23.3 Å². The Labute approximate surface area is 124 Å². The van der Waals surface area contributed by atoms with Gasteiger partial charge in [0.1, 0.15) is 5.54 Å². The number of nitrogens with zero attached hydrogens (tertiary/aromatic N) is 2. The van der Waals surface area contributed by atoms with Crippen LogP contribution in [0, 0.1) is 11.3 Å². The fourth-order valence-corrected chi connectivity index (χ4v) is 2.80. The van der Waals surface area contributed by atoms with Crippen molar-refractivity contribution in [3.8, 4) is 6.07 Å². The molecule has 104 valence electrons. The van der Waals surface area contributed by atoms with Crippen LogP contribution in [0.25, 0.3) is 0 Å². The summed E-state index contributed by atoms with van der Waals surface area (Å²) in [6.07, 6.45) is 4.35. The lowest BCUT2D eigenvalue weighted by molar-refractivity contribution is 0.379. The van der Waals surface area contributed by atoms with Gasteiger partial charge in [0.05, 0.1) is 16.1 Å². The molecule has 1 rings (SSSR count). The van der Waals surface area contributed by atoms with Crippen LogP contribution < -0.4 is 5.32 Å². The van der Waals surface area contributed by atoms with Crippen LogP contribution in [-0.2, 0) is 0 Å². The van der Waals surface area contributed by atoms with Crippen LogP contribution in [0.1, 0.15) is 33.1 Å². The van der Waals surface area contributed by atoms with E-state index < -0.39 is 0 Å². The Hall–Kier alpha value is -0.760. The summed E-state index contributed by atoms with van der Waals surface area (Å²) in [4.78, 5) is 4.24. The molecule has 1 atom stereocenters. The summed E-state index contributed by atoms with van der Waals surface area (Å²) in [7, 11) is 0. The van der Waals surface area contributed by atoms with Crippen LogP contribution in [0.3, 0.4) is 0 Å². The number of pyridine rings is 1. The number of nitrogens with one attached hydrogen (secondary N) is 1. The minimum absolute atomic E-state index is 0.372. The molecular weight excluding hydrogens is 278 g/mol. The Bertz CT molecular complexity index is 416. The molecule has 1 N–H and O–H groups in total. The van der Waals surface area contributed by atoms with E-state index in [-0.39, 0.29) is 5.54 Å². The maximum Gasteiger partial charge on any atom is 0.106 e. The van der Waals surface area contributed by atoms with Gasteiger partial charge in [0.2, 0.25) is 0 Å². The number of thioether (sulfide) groups is 1. The average Bonchev–Trinajstić information content (AvgIpc) is 2.44. The lowest BCUT2D eigenvalue weighted by atomic mass is 9.92. The number of hydrogen-bond acceptors (Lipinski definition) is 4. The SMILES string of the molecule is CCNC(C#N)(CC)CCCSc1ccc(Cl)cn1. The third kappa shape index (κ3) is 5.40. The van der Waals surface area contributed by atoms with E-state index in [4.69, 9.17) is 11.6 Å². The summed E-state index contributed by atoms with van der Waals surface area (Å²) >= 11 is 7.49. The molecule has 0 aliphatic rings. The minimum Gasteiger partial charge on any atom is -0.300 e. The summed E-state index contributed by atoms with van der Waals surface area (Å²) in [6, 6.07) is 6.19. The van der Waals surface area contributed by atoms with E-state index in [0.29, 0.717) is 5.02 Å². The topological polar surface area (TPSA) is 48.7 Å². The van der Waals surface area contributed by atoms with E-state index in [1.807, 2.05) is 19.1 Å². The molecule has 1 unspecified atom stereocenters. The van der Waals surface area contributed by atoms with Crippen molar-refractivity contribution >= 4 is 23.4 Å². The van der Waals surface area contributed by atoms with E-state index in [0.717, 1.165) is 36.6 Å². The minimum atomic E-state index is -0.372. The van der Waals surface area contributed by atoms with Gasteiger partial charge in [-0.05, 0) is 43.7 Å². The third-order valence-corrected chi connectivity index (χ3v) is 4.28. The lowest BCUT2D eigenvalue weighted by Gasteiger charge is -2.25. The van der Waals surface area contributed by atoms with Crippen molar-refractivity contribution in [1.29, 1.82) is 5.26 Å². The zero-order valence-corrected chi connectivity index (χ0v) is 13.0. The van der Waals surface area contributed by atoms with Gasteiger partial charge in [0.25, 0.3) is 0 Å². The normalized spacial score (nSPS) is 13.8. The van der Waals surface area contributed by atoms with Gasteiger partial charge in [-0.25, -0.2) is 4.98 Å². The Morgan fingerprint density at radius 1 is 1.47 bits per heavy atom. The van der Waals surface area contributed by atoms with Crippen LogP contribution in [0.15, 0.2) is 23.4 Å². The largest absolute Gasteiger partial charge is 0.300 e. The summed E-state index contributed by atoms with van der Waals surface area (Å²) < 4.78 is 0. The second-order valence-electron chi connectivity index (χ2n) is 4.34. The molecule has 1 aromatic rings. The average molecular weight is 298 g/mol. The number of rotatable bonds is 8. The number of hydrogen-bond donors (Lipinski definition) is 1. The van der Waals surface area contributed by atoms with Gasteiger partial charge in [-0.15, -0.1) is 11.8 Å². The lowest BCUT2D eigenvalue weighted by Crippen LogP contribution is -2.43. The van der Waals surface area contributed by atoms with Crippen LogP contribution in [0.2, 0.25) is 5.02 Å². The van der Waals surface area contributed by atoms with E-state index in [9.17, 15) is 5.26 Å². The molecule has 0 saturated heterocycles. The van der Waals surface area contributed by atoms with Gasteiger partial charge in [0, 0.05) is 6.20 Å². The molecule has 0 bridgehead atoms. The third-order valence-electron chi connectivity index (χ3n) is 3.03. The van der Waals surface area contributed by atoms with Crippen molar-refractivity contribution in [1.82, 2.24) is 10.3 Å². The first kappa shape index (κ1) is 16.3. The molecule has 19 heavy (non-hydrogen) atoms. The Kier molecular flexibility index (Phi) is 7.22. The monoisotopic (exact) mass is 297 g/mol.